The number of rotatable bonds is 1. The molecule has 1 rings (SSSR count). The monoisotopic (exact) mass is 161 g/mol. The molecular weight excluding hydrogens is 146 g/mol. The van der Waals surface area contributed by atoms with Gasteiger partial charge in [0, 0.05) is 17.0 Å². The van der Waals surface area contributed by atoms with E-state index in [0.717, 1.165) is 17.0 Å². The van der Waals surface area contributed by atoms with Crippen molar-refractivity contribution in [1.29, 1.82) is 0 Å². The van der Waals surface area contributed by atoms with Gasteiger partial charge in [-0.15, -0.1) is 0 Å². The minimum absolute atomic E-state index is 1.08. The molecule has 1 aromatic heterocycles. The molecule has 64 valence electrons. The minimum Gasteiger partial charge on any atom is -0.258 e. The molecule has 0 saturated carbocycles. The lowest BCUT2D eigenvalue weighted by molar-refractivity contribution is 1.09. The first-order valence-electron chi connectivity index (χ1n) is 4.13. The second kappa shape index (κ2) is 3.10. The van der Waals surface area contributed by atoms with Crippen molar-refractivity contribution in [1.82, 2.24) is 4.98 Å². The molecule has 0 atom stereocenters. The van der Waals surface area contributed by atoms with Crippen molar-refractivity contribution in [3.8, 4) is 0 Å². The second-order valence-corrected chi connectivity index (χ2v) is 3.32. The van der Waals surface area contributed by atoms with E-state index in [-0.39, 0.29) is 0 Å². The van der Waals surface area contributed by atoms with Gasteiger partial charge in [0.2, 0.25) is 0 Å². The smallest absolute Gasteiger partial charge is 0.0453 e. The predicted octanol–water partition coefficient (Wildman–Crippen LogP) is 3.04. The van der Waals surface area contributed by atoms with Gasteiger partial charge in [0.05, 0.1) is 0 Å². The van der Waals surface area contributed by atoms with E-state index in [0.29, 0.717) is 0 Å². The van der Waals surface area contributed by atoms with E-state index in [9.17, 15) is 0 Å². The highest BCUT2D eigenvalue weighted by Gasteiger charge is 2.04. The fraction of sp³-hybridized carbons (Fsp3) is 0.364. The van der Waals surface area contributed by atoms with Gasteiger partial charge in [0.15, 0.2) is 0 Å². The summed E-state index contributed by atoms with van der Waals surface area (Å²) in [7, 11) is 0. The van der Waals surface area contributed by atoms with Gasteiger partial charge >= 0.3 is 0 Å². The van der Waals surface area contributed by atoms with Gasteiger partial charge < -0.3 is 0 Å². The molecule has 0 aliphatic rings. The maximum Gasteiger partial charge on any atom is 0.0453 e. The molecule has 0 aliphatic heterocycles. The standard InChI is InChI=1S/C11H15N/c1-7(2)11-8(3)6-9(4)12-10(11)5/h6H,1H2,2-5H3. The Kier molecular flexibility index (Phi) is 2.32. The van der Waals surface area contributed by atoms with Crippen LogP contribution in [0.4, 0.5) is 0 Å². The first-order chi connectivity index (χ1) is 5.52. The summed E-state index contributed by atoms with van der Waals surface area (Å²) in [6, 6.07) is 2.09. The van der Waals surface area contributed by atoms with Crippen LogP contribution < -0.4 is 0 Å². The average molecular weight is 161 g/mol. The molecule has 1 heteroatoms. The minimum atomic E-state index is 1.08. The van der Waals surface area contributed by atoms with Gasteiger partial charge in [-0.05, 0) is 44.9 Å². The molecule has 0 amide bonds. The van der Waals surface area contributed by atoms with E-state index in [2.05, 4.69) is 24.6 Å². The van der Waals surface area contributed by atoms with E-state index in [1.807, 2.05) is 20.8 Å². The largest absolute Gasteiger partial charge is 0.258 e. The highest BCUT2D eigenvalue weighted by molar-refractivity contribution is 5.66. The third-order valence-corrected chi connectivity index (χ3v) is 1.95. The molecule has 0 spiro atoms. The second-order valence-electron chi connectivity index (χ2n) is 3.32. The summed E-state index contributed by atoms with van der Waals surface area (Å²) in [6.07, 6.45) is 0. The first kappa shape index (κ1) is 8.98. The predicted molar refractivity (Wildman–Crippen MR) is 53.2 cm³/mol. The Bertz CT molecular complexity index is 301. The lowest BCUT2D eigenvalue weighted by Crippen LogP contribution is -1.95. The zero-order valence-electron chi connectivity index (χ0n) is 8.23. The molecule has 0 N–H and O–H groups in total. The van der Waals surface area contributed by atoms with Crippen molar-refractivity contribution in [3.63, 3.8) is 0 Å². The Morgan fingerprint density at radius 2 is 1.92 bits per heavy atom. The molecule has 1 heterocycles. The first-order valence-corrected chi connectivity index (χ1v) is 4.13. The SMILES string of the molecule is C=C(C)c1c(C)cc(C)nc1C. The van der Waals surface area contributed by atoms with Crippen LogP contribution in [0.5, 0.6) is 0 Å². The van der Waals surface area contributed by atoms with Crippen molar-refractivity contribution in [2.45, 2.75) is 27.7 Å². The van der Waals surface area contributed by atoms with Crippen LogP contribution >= 0.6 is 0 Å². The van der Waals surface area contributed by atoms with Crippen molar-refractivity contribution in [2.75, 3.05) is 0 Å². The van der Waals surface area contributed by atoms with Gasteiger partial charge in [0.1, 0.15) is 0 Å². The Labute approximate surface area is 74.2 Å². The normalized spacial score (nSPS) is 10.0. The highest BCUT2D eigenvalue weighted by Crippen LogP contribution is 2.20. The fourth-order valence-electron chi connectivity index (χ4n) is 1.67. The Hall–Kier alpha value is -1.11. The zero-order chi connectivity index (χ0) is 9.30. The van der Waals surface area contributed by atoms with Crippen LogP contribution in [0.3, 0.4) is 0 Å². The van der Waals surface area contributed by atoms with Crippen molar-refractivity contribution >= 4 is 5.57 Å². The lowest BCUT2D eigenvalue weighted by atomic mass is 10.0. The van der Waals surface area contributed by atoms with E-state index < -0.39 is 0 Å². The quantitative estimate of drug-likeness (QED) is 0.617. The topological polar surface area (TPSA) is 12.9 Å². The molecule has 0 bridgehead atoms. The molecule has 12 heavy (non-hydrogen) atoms. The van der Waals surface area contributed by atoms with Gasteiger partial charge in [-0.1, -0.05) is 6.58 Å². The molecule has 1 aromatic rings. The summed E-state index contributed by atoms with van der Waals surface area (Å²) < 4.78 is 0. The summed E-state index contributed by atoms with van der Waals surface area (Å²) in [5.41, 5.74) is 5.74. The van der Waals surface area contributed by atoms with Crippen LogP contribution in [0.2, 0.25) is 0 Å². The maximum atomic E-state index is 4.39. The van der Waals surface area contributed by atoms with Crippen molar-refractivity contribution < 1.29 is 0 Å². The number of aryl methyl sites for hydroxylation is 3. The summed E-state index contributed by atoms with van der Waals surface area (Å²) in [6.45, 7) is 12.1. The Morgan fingerprint density at radius 3 is 2.33 bits per heavy atom. The van der Waals surface area contributed by atoms with Crippen LogP contribution in [-0.4, -0.2) is 4.98 Å². The van der Waals surface area contributed by atoms with Gasteiger partial charge in [-0.2, -0.15) is 0 Å². The number of hydrogen-bond donors (Lipinski definition) is 0. The number of allylic oxidation sites excluding steroid dienone is 1. The van der Waals surface area contributed by atoms with Crippen LogP contribution in [0.25, 0.3) is 5.57 Å². The van der Waals surface area contributed by atoms with E-state index in [1.54, 1.807) is 0 Å². The van der Waals surface area contributed by atoms with Crippen molar-refractivity contribution in [2.24, 2.45) is 0 Å². The zero-order valence-corrected chi connectivity index (χ0v) is 8.23. The van der Waals surface area contributed by atoms with Crippen LogP contribution in [0, 0.1) is 20.8 Å². The highest BCUT2D eigenvalue weighted by atomic mass is 14.7. The molecule has 0 fully saturated rings. The molecule has 0 unspecified atom stereocenters. The van der Waals surface area contributed by atoms with Gasteiger partial charge in [0.25, 0.3) is 0 Å². The van der Waals surface area contributed by atoms with E-state index in [4.69, 9.17) is 0 Å². The lowest BCUT2D eigenvalue weighted by Gasteiger charge is -2.09. The Balaban J connectivity index is 3.38. The molecule has 0 saturated heterocycles. The fourth-order valence-corrected chi connectivity index (χ4v) is 1.67. The van der Waals surface area contributed by atoms with Crippen LogP contribution in [0.1, 0.15) is 29.4 Å². The van der Waals surface area contributed by atoms with E-state index in [1.165, 1.54) is 11.1 Å². The number of nitrogens with zero attached hydrogens (tertiary/aromatic N) is 1. The average Bonchev–Trinajstić information content (AvgIpc) is 1.82. The Morgan fingerprint density at radius 1 is 1.33 bits per heavy atom. The summed E-state index contributed by atoms with van der Waals surface area (Å²) in [5, 5.41) is 0. The van der Waals surface area contributed by atoms with E-state index >= 15 is 0 Å². The third kappa shape index (κ3) is 1.55. The molecule has 0 aromatic carbocycles. The maximum absolute atomic E-state index is 4.39. The van der Waals surface area contributed by atoms with Gasteiger partial charge in [-0.25, -0.2) is 0 Å². The molecular formula is C11H15N. The van der Waals surface area contributed by atoms with Crippen LogP contribution in [-0.2, 0) is 0 Å². The molecule has 1 nitrogen and oxygen atoms in total. The molecule has 0 radical (unpaired) electrons. The third-order valence-electron chi connectivity index (χ3n) is 1.95. The summed E-state index contributed by atoms with van der Waals surface area (Å²) in [5.74, 6) is 0. The van der Waals surface area contributed by atoms with Crippen molar-refractivity contribution in [3.05, 3.63) is 35.2 Å². The molecule has 0 aliphatic carbocycles. The summed E-state index contributed by atoms with van der Waals surface area (Å²) in [4.78, 5) is 4.39. The number of hydrogen-bond acceptors (Lipinski definition) is 1. The number of aromatic nitrogens is 1. The summed E-state index contributed by atoms with van der Waals surface area (Å²) >= 11 is 0. The van der Waals surface area contributed by atoms with Crippen LogP contribution in [0.15, 0.2) is 12.6 Å². The van der Waals surface area contributed by atoms with Gasteiger partial charge in [-0.3, -0.25) is 4.98 Å². The number of pyridine rings is 1.